The van der Waals surface area contributed by atoms with Crippen LogP contribution in [0.2, 0.25) is 0 Å². The Morgan fingerprint density at radius 2 is 2.16 bits per heavy atom. The van der Waals surface area contributed by atoms with Gasteiger partial charge in [0.25, 0.3) is 0 Å². The van der Waals surface area contributed by atoms with Crippen molar-refractivity contribution in [2.24, 2.45) is 0 Å². The molecule has 0 aromatic carbocycles. The van der Waals surface area contributed by atoms with E-state index in [9.17, 15) is 0 Å². The van der Waals surface area contributed by atoms with Crippen LogP contribution in [0.5, 0.6) is 0 Å². The van der Waals surface area contributed by atoms with Gasteiger partial charge >= 0.3 is 0 Å². The number of nitrogens with one attached hydrogen (secondary N) is 1. The maximum Gasteiger partial charge on any atom is 0.133 e. The van der Waals surface area contributed by atoms with Crippen LogP contribution in [0.25, 0.3) is 0 Å². The summed E-state index contributed by atoms with van der Waals surface area (Å²) in [5.74, 6) is 1.51. The topological polar surface area (TPSA) is 74.2 Å². The minimum Gasteiger partial charge on any atom is -0.395 e. The third-order valence-corrected chi connectivity index (χ3v) is 2.66. The standard InChI is InChI=1S/C13H17N5O/c1-18(6-7-19)13-8-12(16-10-17-13)15-9-11-4-2-3-5-14-11/h2-5,8,10,19H,6-7,9H2,1H3,(H,15,16,17). The first-order chi connectivity index (χ1) is 9.29. The number of pyridine rings is 1. The summed E-state index contributed by atoms with van der Waals surface area (Å²) in [7, 11) is 1.88. The van der Waals surface area contributed by atoms with Crippen molar-refractivity contribution in [3.63, 3.8) is 0 Å². The Hall–Kier alpha value is -2.21. The molecule has 100 valence electrons. The molecule has 2 rings (SSSR count). The van der Waals surface area contributed by atoms with Crippen LogP contribution in [0.4, 0.5) is 11.6 Å². The van der Waals surface area contributed by atoms with E-state index < -0.39 is 0 Å². The molecule has 2 aromatic rings. The zero-order valence-corrected chi connectivity index (χ0v) is 10.8. The smallest absolute Gasteiger partial charge is 0.133 e. The monoisotopic (exact) mass is 259 g/mol. The lowest BCUT2D eigenvalue weighted by atomic mass is 10.3. The summed E-state index contributed by atoms with van der Waals surface area (Å²) in [5, 5.41) is 12.1. The molecular weight excluding hydrogens is 242 g/mol. The average molecular weight is 259 g/mol. The number of aliphatic hydroxyl groups is 1. The molecule has 2 N–H and O–H groups in total. The highest BCUT2D eigenvalue weighted by Gasteiger charge is 2.03. The highest BCUT2D eigenvalue weighted by atomic mass is 16.3. The van der Waals surface area contributed by atoms with E-state index in [1.807, 2.05) is 36.2 Å². The zero-order valence-electron chi connectivity index (χ0n) is 10.8. The van der Waals surface area contributed by atoms with Crippen molar-refractivity contribution in [2.45, 2.75) is 6.54 Å². The Balaban J connectivity index is 1.99. The summed E-state index contributed by atoms with van der Waals surface area (Å²) in [4.78, 5) is 14.4. The number of likely N-dealkylation sites (N-methyl/N-ethyl adjacent to an activating group) is 1. The van der Waals surface area contributed by atoms with Crippen LogP contribution in [0.15, 0.2) is 36.8 Å². The molecule has 0 radical (unpaired) electrons. The molecule has 6 heteroatoms. The zero-order chi connectivity index (χ0) is 13.5. The van der Waals surface area contributed by atoms with Crippen molar-refractivity contribution in [2.75, 3.05) is 30.4 Å². The Morgan fingerprint density at radius 1 is 1.26 bits per heavy atom. The molecule has 2 aromatic heterocycles. The Morgan fingerprint density at radius 3 is 2.89 bits per heavy atom. The van der Waals surface area contributed by atoms with Gasteiger partial charge in [0.1, 0.15) is 18.0 Å². The lowest BCUT2D eigenvalue weighted by Gasteiger charge is -2.17. The fourth-order valence-corrected chi connectivity index (χ4v) is 1.60. The van der Waals surface area contributed by atoms with Crippen LogP contribution in [0.3, 0.4) is 0 Å². The van der Waals surface area contributed by atoms with E-state index in [0.717, 1.165) is 17.3 Å². The number of anilines is 2. The summed E-state index contributed by atoms with van der Waals surface area (Å²) >= 11 is 0. The van der Waals surface area contributed by atoms with Crippen LogP contribution in [0.1, 0.15) is 5.69 Å². The maximum atomic E-state index is 8.91. The quantitative estimate of drug-likeness (QED) is 0.803. The van der Waals surface area contributed by atoms with E-state index in [0.29, 0.717) is 13.1 Å². The molecule has 0 atom stereocenters. The molecule has 19 heavy (non-hydrogen) atoms. The normalized spacial score (nSPS) is 10.2. The largest absolute Gasteiger partial charge is 0.395 e. The van der Waals surface area contributed by atoms with Gasteiger partial charge in [-0.15, -0.1) is 0 Å². The number of aliphatic hydroxyl groups excluding tert-OH is 1. The van der Waals surface area contributed by atoms with Gasteiger partial charge < -0.3 is 15.3 Å². The number of hydrogen-bond donors (Lipinski definition) is 2. The van der Waals surface area contributed by atoms with Gasteiger partial charge in [0.05, 0.1) is 18.8 Å². The summed E-state index contributed by atoms with van der Waals surface area (Å²) < 4.78 is 0. The molecule has 0 aliphatic carbocycles. The van der Waals surface area contributed by atoms with Crippen LogP contribution in [0, 0.1) is 0 Å². The summed E-state index contributed by atoms with van der Waals surface area (Å²) in [6.45, 7) is 1.24. The first kappa shape index (κ1) is 13.2. The molecule has 0 aliphatic rings. The van der Waals surface area contributed by atoms with Crippen LogP contribution in [-0.2, 0) is 6.54 Å². The second-order valence-corrected chi connectivity index (χ2v) is 4.08. The van der Waals surface area contributed by atoms with E-state index in [1.165, 1.54) is 6.33 Å². The summed E-state index contributed by atoms with van der Waals surface area (Å²) in [6.07, 6.45) is 3.27. The summed E-state index contributed by atoms with van der Waals surface area (Å²) in [6, 6.07) is 7.63. The fraction of sp³-hybridized carbons (Fsp3) is 0.308. The van der Waals surface area contributed by atoms with Crippen molar-refractivity contribution in [1.82, 2.24) is 15.0 Å². The van der Waals surface area contributed by atoms with Crippen LogP contribution in [-0.4, -0.2) is 40.3 Å². The van der Waals surface area contributed by atoms with Gasteiger partial charge in [0.2, 0.25) is 0 Å². The Labute approximate surface area is 112 Å². The Kier molecular flexibility index (Phi) is 4.63. The van der Waals surface area contributed by atoms with E-state index >= 15 is 0 Å². The van der Waals surface area contributed by atoms with E-state index in [4.69, 9.17) is 5.11 Å². The van der Waals surface area contributed by atoms with Crippen molar-refractivity contribution in [3.8, 4) is 0 Å². The molecule has 0 amide bonds. The molecule has 0 aliphatic heterocycles. The first-order valence-electron chi connectivity index (χ1n) is 6.07. The molecular formula is C13H17N5O. The molecule has 0 fully saturated rings. The van der Waals surface area contributed by atoms with Crippen molar-refractivity contribution >= 4 is 11.6 Å². The van der Waals surface area contributed by atoms with Gasteiger partial charge in [-0.3, -0.25) is 4.98 Å². The minimum absolute atomic E-state index is 0.0944. The number of hydrogen-bond acceptors (Lipinski definition) is 6. The van der Waals surface area contributed by atoms with E-state index in [-0.39, 0.29) is 6.61 Å². The van der Waals surface area contributed by atoms with Crippen molar-refractivity contribution in [3.05, 3.63) is 42.5 Å². The fourth-order valence-electron chi connectivity index (χ4n) is 1.60. The van der Waals surface area contributed by atoms with Gasteiger partial charge in [-0.05, 0) is 12.1 Å². The Bertz CT molecular complexity index is 505. The molecule has 2 heterocycles. The molecule has 0 saturated heterocycles. The lowest BCUT2D eigenvalue weighted by Crippen LogP contribution is -2.22. The lowest BCUT2D eigenvalue weighted by molar-refractivity contribution is 0.304. The average Bonchev–Trinajstić information content (AvgIpc) is 2.47. The van der Waals surface area contributed by atoms with Crippen molar-refractivity contribution in [1.29, 1.82) is 0 Å². The van der Waals surface area contributed by atoms with E-state index in [2.05, 4.69) is 20.3 Å². The highest BCUT2D eigenvalue weighted by Crippen LogP contribution is 2.12. The third-order valence-electron chi connectivity index (χ3n) is 2.66. The number of aromatic nitrogens is 3. The summed E-state index contributed by atoms with van der Waals surface area (Å²) in [5.41, 5.74) is 0.950. The predicted molar refractivity (Wildman–Crippen MR) is 74.0 cm³/mol. The van der Waals surface area contributed by atoms with Gasteiger partial charge in [0, 0.05) is 25.9 Å². The van der Waals surface area contributed by atoms with Gasteiger partial charge in [-0.2, -0.15) is 0 Å². The van der Waals surface area contributed by atoms with Gasteiger partial charge in [-0.1, -0.05) is 6.07 Å². The highest BCUT2D eigenvalue weighted by molar-refractivity contribution is 5.47. The van der Waals surface area contributed by atoms with Crippen LogP contribution < -0.4 is 10.2 Å². The molecule has 0 unspecified atom stereocenters. The predicted octanol–water partition coefficient (Wildman–Crippen LogP) is 0.912. The number of rotatable bonds is 6. The van der Waals surface area contributed by atoms with E-state index in [1.54, 1.807) is 6.20 Å². The van der Waals surface area contributed by atoms with Crippen molar-refractivity contribution < 1.29 is 5.11 Å². The number of nitrogens with zero attached hydrogens (tertiary/aromatic N) is 4. The molecule has 0 spiro atoms. The second kappa shape index (κ2) is 6.65. The maximum absolute atomic E-state index is 8.91. The minimum atomic E-state index is 0.0944. The van der Waals surface area contributed by atoms with Gasteiger partial charge in [0.15, 0.2) is 0 Å². The SMILES string of the molecule is CN(CCO)c1cc(NCc2ccccn2)ncn1. The second-order valence-electron chi connectivity index (χ2n) is 4.08. The molecule has 0 bridgehead atoms. The van der Waals surface area contributed by atoms with Crippen LogP contribution >= 0.6 is 0 Å². The third kappa shape index (κ3) is 3.89. The first-order valence-corrected chi connectivity index (χ1v) is 6.07. The molecule has 0 saturated carbocycles. The van der Waals surface area contributed by atoms with Gasteiger partial charge in [-0.25, -0.2) is 9.97 Å². The molecule has 6 nitrogen and oxygen atoms in total.